The van der Waals surface area contributed by atoms with Gasteiger partial charge in [0.1, 0.15) is 5.76 Å². The van der Waals surface area contributed by atoms with E-state index in [0.29, 0.717) is 19.0 Å². The van der Waals surface area contributed by atoms with Crippen molar-refractivity contribution in [1.29, 1.82) is 0 Å². The molecule has 0 aliphatic carbocycles. The van der Waals surface area contributed by atoms with Crippen molar-refractivity contribution in [3.8, 4) is 11.5 Å². The second-order valence-electron chi connectivity index (χ2n) is 5.02. The molecule has 2 aromatic rings. The van der Waals surface area contributed by atoms with E-state index in [1.807, 2.05) is 37.4 Å². The first-order valence-corrected chi connectivity index (χ1v) is 6.69. The molecule has 3 rings (SSSR count). The van der Waals surface area contributed by atoms with Gasteiger partial charge in [-0.05, 0) is 12.1 Å². The molecule has 1 aliphatic heterocycles. The summed E-state index contributed by atoms with van der Waals surface area (Å²) in [6.45, 7) is 2.69. The lowest BCUT2D eigenvalue weighted by molar-refractivity contribution is -0.134. The Morgan fingerprint density at radius 2 is 2.05 bits per heavy atom. The SMILES string of the molecule is CN1CCN(Cc2cnc(-c3ccccc3)o2)CC1=O. The minimum atomic E-state index is 0.152. The molecule has 20 heavy (non-hydrogen) atoms. The summed E-state index contributed by atoms with van der Waals surface area (Å²) < 4.78 is 5.76. The largest absolute Gasteiger partial charge is 0.440 e. The van der Waals surface area contributed by atoms with Crippen molar-refractivity contribution in [2.45, 2.75) is 6.54 Å². The van der Waals surface area contributed by atoms with Gasteiger partial charge in [-0.3, -0.25) is 9.69 Å². The van der Waals surface area contributed by atoms with Crippen LogP contribution in [0.2, 0.25) is 0 Å². The number of rotatable bonds is 3. The number of carbonyl (C=O) groups excluding carboxylic acids is 1. The molecule has 0 N–H and O–H groups in total. The maximum absolute atomic E-state index is 11.7. The molecule has 0 unspecified atom stereocenters. The van der Waals surface area contributed by atoms with Crippen LogP contribution in [0, 0.1) is 0 Å². The van der Waals surface area contributed by atoms with Gasteiger partial charge in [-0.1, -0.05) is 18.2 Å². The number of likely N-dealkylation sites (N-methyl/N-ethyl adjacent to an activating group) is 1. The van der Waals surface area contributed by atoms with Crippen LogP contribution in [0.4, 0.5) is 0 Å². The van der Waals surface area contributed by atoms with Crippen LogP contribution in [0.25, 0.3) is 11.5 Å². The molecule has 1 aliphatic rings. The normalized spacial score (nSPS) is 16.6. The monoisotopic (exact) mass is 271 g/mol. The van der Waals surface area contributed by atoms with E-state index in [2.05, 4.69) is 9.88 Å². The minimum Gasteiger partial charge on any atom is -0.440 e. The van der Waals surface area contributed by atoms with Crippen molar-refractivity contribution in [2.24, 2.45) is 0 Å². The molecule has 0 radical (unpaired) electrons. The summed E-state index contributed by atoms with van der Waals surface area (Å²) in [6.07, 6.45) is 1.74. The molecule has 1 aromatic carbocycles. The quantitative estimate of drug-likeness (QED) is 0.851. The van der Waals surface area contributed by atoms with Crippen LogP contribution in [-0.4, -0.2) is 47.4 Å². The molecule has 1 saturated heterocycles. The van der Waals surface area contributed by atoms with Crippen molar-refractivity contribution < 1.29 is 9.21 Å². The van der Waals surface area contributed by atoms with Crippen LogP contribution in [0.5, 0.6) is 0 Å². The van der Waals surface area contributed by atoms with Gasteiger partial charge < -0.3 is 9.32 Å². The van der Waals surface area contributed by atoms with E-state index in [-0.39, 0.29) is 5.91 Å². The number of piperazine rings is 1. The van der Waals surface area contributed by atoms with Crippen LogP contribution in [-0.2, 0) is 11.3 Å². The molecule has 0 atom stereocenters. The Hall–Kier alpha value is -2.14. The predicted molar refractivity (Wildman–Crippen MR) is 74.9 cm³/mol. The van der Waals surface area contributed by atoms with Crippen LogP contribution >= 0.6 is 0 Å². The predicted octanol–water partition coefficient (Wildman–Crippen LogP) is 1.62. The van der Waals surface area contributed by atoms with Gasteiger partial charge in [-0.25, -0.2) is 4.98 Å². The maximum atomic E-state index is 11.7. The van der Waals surface area contributed by atoms with E-state index in [9.17, 15) is 4.79 Å². The third-order valence-electron chi connectivity index (χ3n) is 3.49. The second-order valence-corrected chi connectivity index (χ2v) is 5.02. The van der Waals surface area contributed by atoms with Crippen LogP contribution in [0.3, 0.4) is 0 Å². The Kier molecular flexibility index (Phi) is 3.52. The van der Waals surface area contributed by atoms with E-state index in [0.717, 1.165) is 24.4 Å². The fourth-order valence-electron chi connectivity index (χ4n) is 2.26. The molecule has 1 fully saturated rings. The van der Waals surface area contributed by atoms with Gasteiger partial charge in [0.2, 0.25) is 11.8 Å². The Morgan fingerprint density at radius 3 is 2.80 bits per heavy atom. The molecule has 5 heteroatoms. The second kappa shape index (κ2) is 5.46. The van der Waals surface area contributed by atoms with E-state index < -0.39 is 0 Å². The van der Waals surface area contributed by atoms with Gasteiger partial charge in [-0.2, -0.15) is 0 Å². The van der Waals surface area contributed by atoms with Gasteiger partial charge in [0, 0.05) is 25.7 Å². The Balaban J connectivity index is 1.67. The number of oxazole rings is 1. The summed E-state index contributed by atoms with van der Waals surface area (Å²) in [5, 5.41) is 0. The molecule has 1 amide bonds. The highest BCUT2D eigenvalue weighted by molar-refractivity contribution is 5.78. The molecule has 104 valence electrons. The molecular formula is C15H17N3O2. The zero-order valence-electron chi connectivity index (χ0n) is 11.5. The first-order valence-electron chi connectivity index (χ1n) is 6.69. The minimum absolute atomic E-state index is 0.152. The van der Waals surface area contributed by atoms with Crippen molar-refractivity contribution in [2.75, 3.05) is 26.7 Å². The average molecular weight is 271 g/mol. The first-order chi connectivity index (χ1) is 9.72. The summed E-state index contributed by atoms with van der Waals surface area (Å²) in [6, 6.07) is 9.81. The number of hydrogen-bond acceptors (Lipinski definition) is 4. The fourth-order valence-corrected chi connectivity index (χ4v) is 2.26. The first kappa shape index (κ1) is 12.9. The number of aromatic nitrogens is 1. The molecule has 0 saturated carbocycles. The zero-order valence-corrected chi connectivity index (χ0v) is 11.5. The summed E-state index contributed by atoms with van der Waals surface area (Å²) >= 11 is 0. The summed E-state index contributed by atoms with van der Waals surface area (Å²) in [4.78, 5) is 19.8. The van der Waals surface area contributed by atoms with E-state index >= 15 is 0 Å². The zero-order chi connectivity index (χ0) is 13.9. The summed E-state index contributed by atoms with van der Waals surface area (Å²) in [5.74, 6) is 1.57. The van der Waals surface area contributed by atoms with Gasteiger partial charge in [-0.15, -0.1) is 0 Å². The van der Waals surface area contributed by atoms with Crippen LogP contribution < -0.4 is 0 Å². The van der Waals surface area contributed by atoms with Crippen LogP contribution in [0.15, 0.2) is 40.9 Å². The Bertz CT molecular complexity index is 594. The lowest BCUT2D eigenvalue weighted by Gasteiger charge is -2.31. The maximum Gasteiger partial charge on any atom is 0.236 e. The smallest absolute Gasteiger partial charge is 0.236 e. The topological polar surface area (TPSA) is 49.6 Å². The van der Waals surface area contributed by atoms with E-state index in [4.69, 9.17) is 4.42 Å². The van der Waals surface area contributed by atoms with Gasteiger partial charge in [0.05, 0.1) is 19.3 Å². The molecule has 2 heterocycles. The molecule has 0 spiro atoms. The third-order valence-corrected chi connectivity index (χ3v) is 3.49. The highest BCUT2D eigenvalue weighted by Crippen LogP contribution is 2.19. The van der Waals surface area contributed by atoms with Crippen molar-refractivity contribution in [1.82, 2.24) is 14.8 Å². The van der Waals surface area contributed by atoms with Crippen molar-refractivity contribution >= 4 is 5.91 Å². The lowest BCUT2D eigenvalue weighted by Crippen LogP contribution is -2.47. The van der Waals surface area contributed by atoms with Gasteiger partial charge in [0.15, 0.2) is 0 Å². The van der Waals surface area contributed by atoms with E-state index in [1.165, 1.54) is 0 Å². The highest BCUT2D eigenvalue weighted by atomic mass is 16.4. The Morgan fingerprint density at radius 1 is 1.25 bits per heavy atom. The molecule has 1 aromatic heterocycles. The Labute approximate surface area is 117 Å². The molecule has 5 nitrogen and oxygen atoms in total. The fraction of sp³-hybridized carbons (Fsp3) is 0.333. The number of nitrogens with zero attached hydrogens (tertiary/aromatic N) is 3. The summed E-state index contributed by atoms with van der Waals surface area (Å²) in [7, 11) is 1.83. The molecule has 0 bridgehead atoms. The van der Waals surface area contributed by atoms with Crippen molar-refractivity contribution in [3.05, 3.63) is 42.3 Å². The van der Waals surface area contributed by atoms with Gasteiger partial charge >= 0.3 is 0 Å². The van der Waals surface area contributed by atoms with E-state index in [1.54, 1.807) is 11.1 Å². The number of carbonyl (C=O) groups is 1. The number of benzene rings is 1. The number of hydrogen-bond donors (Lipinski definition) is 0. The standard InChI is InChI=1S/C15H17N3O2/c1-17-7-8-18(11-14(17)19)10-13-9-16-15(20-13)12-5-3-2-4-6-12/h2-6,9H,7-8,10-11H2,1H3. The number of amides is 1. The average Bonchev–Trinajstić information content (AvgIpc) is 2.92. The molecular weight excluding hydrogens is 254 g/mol. The van der Waals surface area contributed by atoms with Crippen molar-refractivity contribution in [3.63, 3.8) is 0 Å². The van der Waals surface area contributed by atoms with Crippen LogP contribution in [0.1, 0.15) is 5.76 Å². The highest BCUT2D eigenvalue weighted by Gasteiger charge is 2.22. The van der Waals surface area contributed by atoms with Gasteiger partial charge in [0.25, 0.3) is 0 Å². The lowest BCUT2D eigenvalue weighted by atomic mass is 10.2. The third kappa shape index (κ3) is 2.72. The summed E-state index contributed by atoms with van der Waals surface area (Å²) in [5.41, 5.74) is 0.966.